The molecule has 0 aromatic carbocycles. The summed E-state index contributed by atoms with van der Waals surface area (Å²) < 4.78 is 0. The first-order valence-corrected chi connectivity index (χ1v) is 6.84. The number of rotatable bonds is 4. The average molecular weight is 276 g/mol. The lowest BCUT2D eigenvalue weighted by atomic mass is 9.97. The van der Waals surface area contributed by atoms with E-state index in [1.54, 1.807) is 0 Å². The summed E-state index contributed by atoms with van der Waals surface area (Å²) in [7, 11) is 0. The number of hydrogen-bond donors (Lipinski definition) is 1. The number of carbonyl (C=O) groups excluding carboxylic acids is 1. The van der Waals surface area contributed by atoms with Crippen LogP contribution in [-0.4, -0.2) is 17.3 Å². The van der Waals surface area contributed by atoms with E-state index < -0.39 is 0 Å². The molecule has 0 spiro atoms. The van der Waals surface area contributed by atoms with Crippen LogP contribution in [0.1, 0.15) is 40.0 Å². The Labute approximate surface area is 101 Å². The molecule has 0 aromatic heterocycles. The van der Waals surface area contributed by atoms with Gasteiger partial charge >= 0.3 is 0 Å². The Morgan fingerprint density at radius 3 is 2.53 bits per heavy atom. The zero-order valence-electron chi connectivity index (χ0n) is 9.92. The Hall–Kier alpha value is -0.0500. The first kappa shape index (κ1) is 13.0. The van der Waals surface area contributed by atoms with Crippen molar-refractivity contribution in [2.24, 2.45) is 17.8 Å². The molecule has 15 heavy (non-hydrogen) atoms. The number of nitrogens with one attached hydrogen (secondary N) is 1. The van der Waals surface area contributed by atoms with Gasteiger partial charge in [-0.15, -0.1) is 0 Å². The van der Waals surface area contributed by atoms with Crippen LogP contribution >= 0.6 is 15.9 Å². The quantitative estimate of drug-likeness (QED) is 0.786. The molecule has 88 valence electrons. The summed E-state index contributed by atoms with van der Waals surface area (Å²) in [6.45, 7) is 7.04. The minimum Gasteiger partial charge on any atom is -0.356 e. The lowest BCUT2D eigenvalue weighted by Crippen LogP contribution is -2.34. The van der Waals surface area contributed by atoms with Gasteiger partial charge in [0.1, 0.15) is 0 Å². The second-order valence-electron chi connectivity index (χ2n) is 5.05. The van der Waals surface area contributed by atoms with Crippen LogP contribution in [0.5, 0.6) is 0 Å². The van der Waals surface area contributed by atoms with Crippen molar-refractivity contribution in [1.29, 1.82) is 0 Å². The minimum atomic E-state index is 0.131. The third kappa shape index (κ3) is 4.13. The third-order valence-electron chi connectivity index (χ3n) is 3.46. The van der Waals surface area contributed by atoms with Crippen LogP contribution in [0.15, 0.2) is 0 Å². The summed E-state index contributed by atoms with van der Waals surface area (Å²) >= 11 is 3.63. The van der Waals surface area contributed by atoms with E-state index in [9.17, 15) is 4.79 Å². The molecule has 1 amide bonds. The number of amides is 1. The van der Waals surface area contributed by atoms with Crippen LogP contribution < -0.4 is 5.32 Å². The third-order valence-corrected chi connectivity index (χ3v) is 4.29. The van der Waals surface area contributed by atoms with Gasteiger partial charge in [-0.25, -0.2) is 0 Å². The second kappa shape index (κ2) is 5.88. The Bertz CT molecular complexity index is 218. The molecule has 1 N–H and O–H groups in total. The predicted molar refractivity (Wildman–Crippen MR) is 67.1 cm³/mol. The van der Waals surface area contributed by atoms with Crippen molar-refractivity contribution in [3.63, 3.8) is 0 Å². The fourth-order valence-corrected chi connectivity index (χ4v) is 2.70. The summed E-state index contributed by atoms with van der Waals surface area (Å²) in [5.41, 5.74) is 0. The van der Waals surface area contributed by atoms with Gasteiger partial charge in [-0.3, -0.25) is 4.79 Å². The summed E-state index contributed by atoms with van der Waals surface area (Å²) in [6.07, 6.45) is 3.70. The molecule has 0 saturated heterocycles. The molecular formula is C12H22BrNO. The monoisotopic (exact) mass is 275 g/mol. The standard InChI is InChI=1S/C12H22BrNO/c1-8(2)9(3)12(15)14-7-10-4-5-11(13)6-10/h8-11H,4-7H2,1-3H3,(H,14,15). The highest BCUT2D eigenvalue weighted by molar-refractivity contribution is 9.09. The van der Waals surface area contributed by atoms with Gasteiger partial charge in [-0.2, -0.15) is 0 Å². The predicted octanol–water partition coefficient (Wildman–Crippen LogP) is 2.96. The molecule has 1 fully saturated rings. The van der Waals surface area contributed by atoms with E-state index in [2.05, 4.69) is 35.1 Å². The molecule has 1 rings (SSSR count). The van der Waals surface area contributed by atoms with Crippen molar-refractivity contribution in [2.45, 2.75) is 44.9 Å². The van der Waals surface area contributed by atoms with E-state index >= 15 is 0 Å². The van der Waals surface area contributed by atoms with E-state index in [0.717, 1.165) is 6.54 Å². The van der Waals surface area contributed by atoms with Crippen LogP contribution in [0.3, 0.4) is 0 Å². The normalized spacial score (nSPS) is 28.1. The highest BCUT2D eigenvalue weighted by Gasteiger charge is 2.24. The maximum Gasteiger partial charge on any atom is 0.223 e. The molecule has 2 nitrogen and oxygen atoms in total. The molecule has 0 heterocycles. The summed E-state index contributed by atoms with van der Waals surface area (Å²) in [6, 6.07) is 0. The van der Waals surface area contributed by atoms with Gasteiger partial charge in [-0.05, 0) is 31.1 Å². The molecule has 0 aliphatic heterocycles. The highest BCUT2D eigenvalue weighted by Crippen LogP contribution is 2.30. The van der Waals surface area contributed by atoms with E-state index in [4.69, 9.17) is 0 Å². The first-order valence-electron chi connectivity index (χ1n) is 5.92. The molecule has 0 aromatic rings. The highest BCUT2D eigenvalue weighted by atomic mass is 79.9. The van der Waals surface area contributed by atoms with Crippen molar-refractivity contribution in [3.05, 3.63) is 0 Å². The number of carbonyl (C=O) groups is 1. The molecule has 1 aliphatic rings. The van der Waals surface area contributed by atoms with Crippen molar-refractivity contribution in [2.75, 3.05) is 6.54 Å². The van der Waals surface area contributed by atoms with Gasteiger partial charge < -0.3 is 5.32 Å². The fourth-order valence-electron chi connectivity index (χ4n) is 1.91. The first-order chi connectivity index (χ1) is 7.00. The Kier molecular flexibility index (Phi) is 5.10. The molecular weight excluding hydrogens is 254 g/mol. The molecule has 0 radical (unpaired) electrons. The van der Waals surface area contributed by atoms with Gasteiger partial charge in [0.05, 0.1) is 0 Å². The molecule has 3 atom stereocenters. The Morgan fingerprint density at radius 2 is 2.07 bits per heavy atom. The zero-order chi connectivity index (χ0) is 11.4. The molecule has 1 saturated carbocycles. The molecule has 1 aliphatic carbocycles. The Morgan fingerprint density at radius 1 is 1.40 bits per heavy atom. The minimum absolute atomic E-state index is 0.131. The number of halogens is 1. The van der Waals surface area contributed by atoms with Crippen LogP contribution in [0.25, 0.3) is 0 Å². The van der Waals surface area contributed by atoms with Gasteiger partial charge in [0.25, 0.3) is 0 Å². The summed E-state index contributed by atoms with van der Waals surface area (Å²) in [5, 5.41) is 3.07. The van der Waals surface area contributed by atoms with E-state index in [1.807, 2.05) is 6.92 Å². The molecule has 0 bridgehead atoms. The lowest BCUT2D eigenvalue weighted by molar-refractivity contribution is -0.125. The van der Waals surface area contributed by atoms with Crippen molar-refractivity contribution < 1.29 is 4.79 Å². The van der Waals surface area contributed by atoms with Crippen LogP contribution in [-0.2, 0) is 4.79 Å². The van der Waals surface area contributed by atoms with Gasteiger partial charge in [-0.1, -0.05) is 36.7 Å². The van der Waals surface area contributed by atoms with Gasteiger partial charge in [0, 0.05) is 17.3 Å². The van der Waals surface area contributed by atoms with Gasteiger partial charge in [0.15, 0.2) is 0 Å². The largest absolute Gasteiger partial charge is 0.356 e. The topological polar surface area (TPSA) is 29.1 Å². The number of hydrogen-bond acceptors (Lipinski definition) is 1. The smallest absolute Gasteiger partial charge is 0.223 e. The number of alkyl halides is 1. The van der Waals surface area contributed by atoms with Crippen molar-refractivity contribution in [3.8, 4) is 0 Å². The Balaban J connectivity index is 2.22. The SMILES string of the molecule is CC(C)C(C)C(=O)NCC1CCC(Br)C1. The maximum atomic E-state index is 11.7. The van der Waals surface area contributed by atoms with Gasteiger partial charge in [0.2, 0.25) is 5.91 Å². The van der Waals surface area contributed by atoms with Crippen LogP contribution in [0.2, 0.25) is 0 Å². The molecule has 3 heteroatoms. The fraction of sp³-hybridized carbons (Fsp3) is 0.917. The average Bonchev–Trinajstić information content (AvgIpc) is 2.59. The second-order valence-corrected chi connectivity index (χ2v) is 6.35. The zero-order valence-corrected chi connectivity index (χ0v) is 11.5. The summed E-state index contributed by atoms with van der Waals surface area (Å²) in [4.78, 5) is 12.4. The summed E-state index contributed by atoms with van der Waals surface area (Å²) in [5.74, 6) is 1.45. The van der Waals surface area contributed by atoms with Crippen LogP contribution in [0.4, 0.5) is 0 Å². The maximum absolute atomic E-state index is 11.7. The van der Waals surface area contributed by atoms with E-state index in [1.165, 1.54) is 19.3 Å². The van der Waals surface area contributed by atoms with E-state index in [0.29, 0.717) is 16.7 Å². The van der Waals surface area contributed by atoms with Crippen molar-refractivity contribution >= 4 is 21.8 Å². The van der Waals surface area contributed by atoms with Crippen molar-refractivity contribution in [1.82, 2.24) is 5.32 Å². The van der Waals surface area contributed by atoms with Crippen LogP contribution in [0, 0.1) is 17.8 Å². The van der Waals surface area contributed by atoms with E-state index in [-0.39, 0.29) is 11.8 Å². The lowest BCUT2D eigenvalue weighted by Gasteiger charge is -2.17. The molecule has 3 unspecified atom stereocenters.